The van der Waals surface area contributed by atoms with Crippen LogP contribution >= 0.6 is 11.6 Å². The van der Waals surface area contributed by atoms with E-state index in [0.717, 1.165) is 42.6 Å². The van der Waals surface area contributed by atoms with Crippen LogP contribution in [0.2, 0.25) is 5.02 Å². The number of halogens is 5. The zero-order valence-corrected chi connectivity index (χ0v) is 17.2. The molecule has 0 aliphatic heterocycles. The lowest BCUT2D eigenvalue weighted by Gasteiger charge is -2.12. The molecule has 2 aromatic carbocycles. The van der Waals surface area contributed by atoms with E-state index in [-0.39, 0.29) is 32.6 Å². The number of hydrogen-bond acceptors (Lipinski definition) is 5. The zero-order chi connectivity index (χ0) is 23.3. The number of alkyl halides is 3. The minimum atomic E-state index is -4.88. The molecular formula is C19H11ClF4N4O3S. The smallest absolute Gasteiger partial charge is 0.356 e. The van der Waals surface area contributed by atoms with Crippen LogP contribution in [0.4, 0.5) is 17.6 Å². The third kappa shape index (κ3) is 3.99. The van der Waals surface area contributed by atoms with Gasteiger partial charge in [0.05, 0.1) is 32.9 Å². The van der Waals surface area contributed by atoms with Crippen molar-refractivity contribution in [1.82, 2.24) is 14.9 Å². The SMILES string of the molecule is NS(=O)(=O)c1ccc(-n2ncc(-c3cc(-c4c(F)cccc4Cl)no3)c2C(F)(F)F)cc1. The molecule has 32 heavy (non-hydrogen) atoms. The summed E-state index contributed by atoms with van der Waals surface area (Å²) in [5, 5.41) is 12.4. The summed E-state index contributed by atoms with van der Waals surface area (Å²) >= 11 is 5.98. The number of nitrogens with two attached hydrogens (primary N) is 1. The molecule has 13 heteroatoms. The average Bonchev–Trinajstić information content (AvgIpc) is 3.34. The van der Waals surface area contributed by atoms with Gasteiger partial charge in [-0.25, -0.2) is 22.6 Å². The topological polar surface area (TPSA) is 104 Å². The second-order valence-electron chi connectivity index (χ2n) is 6.53. The van der Waals surface area contributed by atoms with Crippen LogP contribution in [0.25, 0.3) is 28.3 Å². The van der Waals surface area contributed by atoms with Crippen molar-refractivity contribution in [3.05, 3.63) is 71.3 Å². The van der Waals surface area contributed by atoms with Crippen molar-refractivity contribution in [2.24, 2.45) is 5.14 Å². The third-order valence-corrected chi connectivity index (χ3v) is 5.69. The lowest BCUT2D eigenvalue weighted by Crippen LogP contribution is -2.15. The molecule has 0 aliphatic carbocycles. The van der Waals surface area contributed by atoms with Crippen molar-refractivity contribution in [3.8, 4) is 28.3 Å². The van der Waals surface area contributed by atoms with E-state index in [4.69, 9.17) is 21.3 Å². The van der Waals surface area contributed by atoms with Crippen LogP contribution in [0.5, 0.6) is 0 Å². The molecule has 2 N–H and O–H groups in total. The first-order valence-corrected chi connectivity index (χ1v) is 10.6. The summed E-state index contributed by atoms with van der Waals surface area (Å²) in [6.45, 7) is 0. The first kappa shape index (κ1) is 22.0. The lowest BCUT2D eigenvalue weighted by atomic mass is 10.1. The highest BCUT2D eigenvalue weighted by Crippen LogP contribution is 2.40. The van der Waals surface area contributed by atoms with Gasteiger partial charge in [0.25, 0.3) is 0 Å². The van der Waals surface area contributed by atoms with Gasteiger partial charge >= 0.3 is 6.18 Å². The van der Waals surface area contributed by atoms with Crippen LogP contribution in [0, 0.1) is 5.82 Å². The molecule has 0 bridgehead atoms. The normalized spacial score (nSPS) is 12.3. The first-order valence-electron chi connectivity index (χ1n) is 8.67. The fourth-order valence-corrected chi connectivity index (χ4v) is 3.81. The van der Waals surface area contributed by atoms with Gasteiger partial charge in [-0.2, -0.15) is 18.3 Å². The summed E-state index contributed by atoms with van der Waals surface area (Å²) in [4.78, 5) is -0.274. The van der Waals surface area contributed by atoms with E-state index in [1.54, 1.807) is 0 Å². The molecule has 0 radical (unpaired) electrons. The van der Waals surface area contributed by atoms with E-state index in [0.29, 0.717) is 4.68 Å². The summed E-state index contributed by atoms with van der Waals surface area (Å²) in [6, 6.07) is 9.37. The maximum Gasteiger partial charge on any atom is 0.434 e. The highest BCUT2D eigenvalue weighted by Gasteiger charge is 2.40. The van der Waals surface area contributed by atoms with Gasteiger partial charge in [0, 0.05) is 6.07 Å². The molecule has 0 aliphatic rings. The van der Waals surface area contributed by atoms with Crippen molar-refractivity contribution in [2.75, 3.05) is 0 Å². The second kappa shape index (κ2) is 7.73. The molecule has 7 nitrogen and oxygen atoms in total. The number of nitrogens with zero attached hydrogens (tertiary/aromatic N) is 3. The number of aromatic nitrogens is 3. The molecule has 0 atom stereocenters. The Morgan fingerprint density at radius 2 is 1.78 bits per heavy atom. The van der Waals surface area contributed by atoms with Gasteiger partial charge in [0.15, 0.2) is 11.5 Å². The maximum atomic E-state index is 14.1. The van der Waals surface area contributed by atoms with Crippen LogP contribution in [-0.2, 0) is 16.2 Å². The Morgan fingerprint density at radius 3 is 2.38 bits per heavy atom. The Kier molecular flexibility index (Phi) is 5.31. The molecule has 0 spiro atoms. The molecule has 166 valence electrons. The highest BCUT2D eigenvalue weighted by atomic mass is 35.5. The van der Waals surface area contributed by atoms with Crippen LogP contribution in [0.15, 0.2) is 64.1 Å². The van der Waals surface area contributed by atoms with Gasteiger partial charge in [0.1, 0.15) is 11.5 Å². The minimum absolute atomic E-state index is 0.00605. The molecule has 0 saturated heterocycles. The standard InChI is InChI=1S/C19H11ClF4N4O3S/c20-13-2-1-3-14(21)17(13)15-8-16(31-27-15)12-9-26-28(18(12)19(22,23)24)10-4-6-11(7-5-10)32(25,29)30/h1-9H,(H2,25,29,30). The maximum absolute atomic E-state index is 14.1. The highest BCUT2D eigenvalue weighted by molar-refractivity contribution is 7.89. The van der Waals surface area contributed by atoms with Crippen LogP contribution in [0.1, 0.15) is 5.69 Å². The summed E-state index contributed by atoms with van der Waals surface area (Å²) in [6.07, 6.45) is -3.98. The predicted molar refractivity (Wildman–Crippen MR) is 106 cm³/mol. The summed E-state index contributed by atoms with van der Waals surface area (Å²) in [5.74, 6) is -1.04. The number of primary sulfonamides is 1. The van der Waals surface area contributed by atoms with Crippen molar-refractivity contribution in [1.29, 1.82) is 0 Å². The summed E-state index contributed by atoms with van der Waals surface area (Å²) < 4.78 is 84.3. The lowest BCUT2D eigenvalue weighted by molar-refractivity contribution is -0.142. The van der Waals surface area contributed by atoms with Crippen molar-refractivity contribution < 1.29 is 30.5 Å². The quantitative estimate of drug-likeness (QED) is 0.423. The van der Waals surface area contributed by atoms with Gasteiger partial charge in [0.2, 0.25) is 10.0 Å². The third-order valence-electron chi connectivity index (χ3n) is 4.44. The van der Waals surface area contributed by atoms with Crippen LogP contribution < -0.4 is 5.14 Å². The van der Waals surface area contributed by atoms with Gasteiger partial charge in [-0.05, 0) is 36.4 Å². The Labute approximate surface area is 183 Å². The zero-order valence-electron chi connectivity index (χ0n) is 15.6. The van der Waals surface area contributed by atoms with E-state index in [1.807, 2.05) is 0 Å². The molecule has 2 heterocycles. The molecule has 0 unspecified atom stereocenters. The Balaban J connectivity index is 1.82. The van der Waals surface area contributed by atoms with E-state index in [1.165, 1.54) is 12.1 Å². The first-order chi connectivity index (χ1) is 15.0. The molecule has 4 aromatic rings. The van der Waals surface area contributed by atoms with E-state index in [2.05, 4.69) is 10.3 Å². The van der Waals surface area contributed by atoms with Gasteiger partial charge < -0.3 is 4.52 Å². The molecule has 2 aromatic heterocycles. The summed E-state index contributed by atoms with van der Waals surface area (Å²) in [7, 11) is -4.03. The van der Waals surface area contributed by atoms with Crippen LogP contribution in [-0.4, -0.2) is 23.4 Å². The molecule has 0 fully saturated rings. The number of sulfonamides is 1. The fraction of sp³-hybridized carbons (Fsp3) is 0.0526. The fourth-order valence-electron chi connectivity index (χ4n) is 3.04. The molecular weight excluding hydrogens is 476 g/mol. The monoisotopic (exact) mass is 486 g/mol. The molecule has 4 rings (SSSR count). The van der Waals surface area contributed by atoms with E-state index >= 15 is 0 Å². The van der Waals surface area contributed by atoms with Crippen LogP contribution in [0.3, 0.4) is 0 Å². The largest absolute Gasteiger partial charge is 0.434 e. The molecule has 0 saturated carbocycles. The van der Waals surface area contributed by atoms with Gasteiger partial charge in [-0.15, -0.1) is 0 Å². The van der Waals surface area contributed by atoms with Crippen molar-refractivity contribution >= 4 is 21.6 Å². The number of hydrogen-bond donors (Lipinski definition) is 1. The second-order valence-corrected chi connectivity index (χ2v) is 8.50. The van der Waals surface area contributed by atoms with Gasteiger partial charge in [-0.3, -0.25) is 0 Å². The molecule has 0 amide bonds. The van der Waals surface area contributed by atoms with Crippen molar-refractivity contribution in [3.63, 3.8) is 0 Å². The Morgan fingerprint density at radius 1 is 1.09 bits per heavy atom. The average molecular weight is 487 g/mol. The number of benzene rings is 2. The van der Waals surface area contributed by atoms with Gasteiger partial charge in [-0.1, -0.05) is 22.8 Å². The predicted octanol–water partition coefficient (Wildman–Crippen LogP) is 4.65. The van der Waals surface area contributed by atoms with E-state index < -0.39 is 33.3 Å². The Hall–Kier alpha value is -3.22. The summed E-state index contributed by atoms with van der Waals surface area (Å²) in [5.41, 5.74) is -1.96. The Bertz CT molecular complexity index is 1390. The number of rotatable bonds is 4. The van der Waals surface area contributed by atoms with E-state index in [9.17, 15) is 26.0 Å². The minimum Gasteiger partial charge on any atom is -0.356 e. The van der Waals surface area contributed by atoms with Crippen molar-refractivity contribution in [2.45, 2.75) is 11.1 Å².